The van der Waals surface area contributed by atoms with Crippen LogP contribution in [0.15, 0.2) is 82.6 Å². The molecule has 0 aliphatic carbocycles. The summed E-state index contributed by atoms with van der Waals surface area (Å²) in [6.07, 6.45) is 1.88. The Kier molecular flexibility index (Phi) is 10.4. The van der Waals surface area contributed by atoms with Crippen LogP contribution in [0.1, 0.15) is 19.4 Å². The van der Waals surface area contributed by atoms with E-state index in [0.717, 1.165) is 9.20 Å². The van der Waals surface area contributed by atoms with Gasteiger partial charge >= 0.3 is 0 Å². The number of hydrogen-bond donors (Lipinski definition) is 1. The minimum Gasteiger partial charge on any atom is -0.494 e. The van der Waals surface area contributed by atoms with Crippen LogP contribution in [-0.2, 0) is 26.2 Å². The summed E-state index contributed by atoms with van der Waals surface area (Å²) in [6.45, 7) is 2.94. The normalized spacial score (nSPS) is 11.9. The summed E-state index contributed by atoms with van der Waals surface area (Å²) in [5, 5.41) is 2.50. The second-order valence-corrected chi connectivity index (χ2v) is 11.3. The molecule has 0 spiro atoms. The van der Waals surface area contributed by atoms with Crippen LogP contribution in [0, 0.1) is 5.82 Å². The van der Waals surface area contributed by atoms with Gasteiger partial charge in [0.15, 0.2) is 0 Å². The highest BCUT2D eigenvalue weighted by atomic mass is 32.2. The van der Waals surface area contributed by atoms with Crippen LogP contribution < -0.4 is 14.4 Å². The number of carbonyl (C=O) groups is 2. The summed E-state index contributed by atoms with van der Waals surface area (Å²) >= 11 is 1.47. The van der Waals surface area contributed by atoms with Gasteiger partial charge in [0.2, 0.25) is 11.8 Å². The second-order valence-electron chi connectivity index (χ2n) is 8.52. The summed E-state index contributed by atoms with van der Waals surface area (Å²) in [5.41, 5.74) is 0.434. The summed E-state index contributed by atoms with van der Waals surface area (Å²) in [4.78, 5) is 28.3. The number of amides is 2. The number of hydrogen-bond acceptors (Lipinski definition) is 6. The van der Waals surface area contributed by atoms with Crippen LogP contribution in [0.4, 0.5) is 10.1 Å². The average molecular weight is 574 g/mol. The van der Waals surface area contributed by atoms with Gasteiger partial charge in [-0.15, -0.1) is 11.8 Å². The molecule has 1 unspecified atom stereocenters. The molecule has 39 heavy (non-hydrogen) atoms. The van der Waals surface area contributed by atoms with E-state index in [1.54, 1.807) is 42.5 Å². The fourth-order valence-electron chi connectivity index (χ4n) is 3.88. The molecule has 0 bridgehead atoms. The van der Waals surface area contributed by atoms with E-state index in [4.69, 9.17) is 4.74 Å². The van der Waals surface area contributed by atoms with Gasteiger partial charge in [-0.1, -0.05) is 18.2 Å². The molecule has 0 aliphatic heterocycles. The molecule has 3 rings (SSSR count). The van der Waals surface area contributed by atoms with Gasteiger partial charge in [0.05, 0.1) is 17.2 Å². The Balaban J connectivity index is 2.04. The molecule has 0 saturated carbocycles. The van der Waals surface area contributed by atoms with Crippen molar-refractivity contribution in [3.05, 3.63) is 84.2 Å². The highest BCUT2D eigenvalue weighted by Gasteiger charge is 2.32. The van der Waals surface area contributed by atoms with Gasteiger partial charge < -0.3 is 15.0 Å². The van der Waals surface area contributed by atoms with E-state index in [0.29, 0.717) is 12.4 Å². The lowest BCUT2D eigenvalue weighted by Crippen LogP contribution is -2.50. The molecule has 1 atom stereocenters. The monoisotopic (exact) mass is 573 g/mol. The van der Waals surface area contributed by atoms with Gasteiger partial charge in [0.25, 0.3) is 10.0 Å². The standard InChI is InChI=1S/C28H32FN3O5S2/c1-5-37-23-12-10-22(11-13-23)32(39(35,36)25-16-14-24(38-4)15-17-25)19-27(33)31(20(2)28(34)30-3)18-21-8-6-7-9-26(21)29/h6-17,20H,5,18-19H2,1-4H3,(H,30,34). The first-order valence-electron chi connectivity index (χ1n) is 12.3. The fourth-order valence-corrected chi connectivity index (χ4v) is 5.70. The molecule has 11 heteroatoms. The fraction of sp³-hybridized carbons (Fsp3) is 0.286. The third-order valence-electron chi connectivity index (χ3n) is 6.07. The Morgan fingerprint density at radius 2 is 1.67 bits per heavy atom. The molecule has 3 aromatic rings. The van der Waals surface area contributed by atoms with Gasteiger partial charge in [0, 0.05) is 24.1 Å². The molecule has 1 N–H and O–H groups in total. The first kappa shape index (κ1) is 30.0. The average Bonchev–Trinajstić information content (AvgIpc) is 2.95. The molecule has 0 saturated heterocycles. The molecule has 0 aromatic heterocycles. The topological polar surface area (TPSA) is 96.0 Å². The molecule has 0 heterocycles. The maximum atomic E-state index is 14.5. The Morgan fingerprint density at radius 1 is 1.03 bits per heavy atom. The lowest BCUT2D eigenvalue weighted by molar-refractivity contribution is -0.139. The Bertz CT molecular complexity index is 1380. The number of sulfonamides is 1. The highest BCUT2D eigenvalue weighted by molar-refractivity contribution is 7.98. The van der Waals surface area contributed by atoms with Crippen LogP contribution in [0.5, 0.6) is 5.75 Å². The minimum atomic E-state index is -4.20. The van der Waals surface area contributed by atoms with E-state index in [-0.39, 0.29) is 22.7 Å². The van der Waals surface area contributed by atoms with E-state index in [9.17, 15) is 22.4 Å². The molecule has 0 radical (unpaired) electrons. The van der Waals surface area contributed by atoms with Crippen molar-refractivity contribution in [2.24, 2.45) is 0 Å². The van der Waals surface area contributed by atoms with Crippen LogP contribution >= 0.6 is 11.8 Å². The molecule has 0 fully saturated rings. The van der Waals surface area contributed by atoms with Gasteiger partial charge in [0.1, 0.15) is 24.2 Å². The molecule has 0 aliphatic rings. The zero-order valence-corrected chi connectivity index (χ0v) is 23.9. The van der Waals surface area contributed by atoms with Crippen molar-refractivity contribution in [3.8, 4) is 5.75 Å². The van der Waals surface area contributed by atoms with Crippen LogP contribution in [0.3, 0.4) is 0 Å². The third kappa shape index (κ3) is 7.30. The first-order valence-corrected chi connectivity index (χ1v) is 14.9. The predicted octanol–water partition coefficient (Wildman–Crippen LogP) is 4.30. The highest BCUT2D eigenvalue weighted by Crippen LogP contribution is 2.28. The van der Waals surface area contributed by atoms with Crippen molar-refractivity contribution < 1.29 is 27.1 Å². The Labute approximate surface area is 233 Å². The lowest BCUT2D eigenvalue weighted by Gasteiger charge is -2.32. The third-order valence-corrected chi connectivity index (χ3v) is 8.61. The summed E-state index contributed by atoms with van der Waals surface area (Å²) < 4.78 is 48.7. The smallest absolute Gasteiger partial charge is 0.264 e. The number of carbonyl (C=O) groups excluding carboxylic acids is 2. The van der Waals surface area contributed by atoms with Crippen LogP contribution in [-0.4, -0.2) is 57.6 Å². The summed E-state index contributed by atoms with van der Waals surface area (Å²) in [7, 11) is -2.77. The maximum absolute atomic E-state index is 14.5. The van der Waals surface area contributed by atoms with E-state index in [1.807, 2.05) is 13.2 Å². The molecule has 208 valence electrons. The van der Waals surface area contributed by atoms with Crippen molar-refractivity contribution in [1.29, 1.82) is 0 Å². The van der Waals surface area contributed by atoms with Gasteiger partial charge in [-0.25, -0.2) is 12.8 Å². The largest absolute Gasteiger partial charge is 0.494 e. The molecular formula is C28H32FN3O5S2. The van der Waals surface area contributed by atoms with Gasteiger partial charge in [-0.05, 0) is 74.7 Å². The number of halogens is 1. The van der Waals surface area contributed by atoms with Gasteiger partial charge in [-0.2, -0.15) is 0 Å². The number of ether oxygens (including phenoxy) is 1. The summed E-state index contributed by atoms with van der Waals surface area (Å²) in [6, 6.07) is 17.6. The number of likely N-dealkylation sites (N-methyl/N-ethyl adjacent to an activating group) is 1. The lowest BCUT2D eigenvalue weighted by atomic mass is 10.1. The van der Waals surface area contributed by atoms with Gasteiger partial charge in [-0.3, -0.25) is 13.9 Å². The zero-order valence-electron chi connectivity index (χ0n) is 22.3. The quantitative estimate of drug-likeness (QED) is 0.325. The van der Waals surface area contributed by atoms with Crippen molar-refractivity contribution in [2.45, 2.75) is 36.2 Å². The number of anilines is 1. The van der Waals surface area contributed by atoms with Crippen LogP contribution in [0.25, 0.3) is 0 Å². The predicted molar refractivity (Wildman–Crippen MR) is 151 cm³/mol. The Morgan fingerprint density at radius 3 is 2.23 bits per heavy atom. The zero-order chi connectivity index (χ0) is 28.6. The number of benzene rings is 3. The molecular weight excluding hydrogens is 541 g/mol. The van der Waals surface area contributed by atoms with Crippen molar-refractivity contribution >= 4 is 39.3 Å². The number of thioether (sulfide) groups is 1. The second kappa shape index (κ2) is 13.5. The van der Waals surface area contributed by atoms with Crippen LogP contribution in [0.2, 0.25) is 0 Å². The number of rotatable bonds is 12. The molecule has 2 amide bonds. The maximum Gasteiger partial charge on any atom is 0.264 e. The van der Waals surface area contributed by atoms with E-state index < -0.39 is 40.2 Å². The first-order chi connectivity index (χ1) is 18.6. The van der Waals surface area contributed by atoms with Crippen molar-refractivity contribution in [3.63, 3.8) is 0 Å². The Hall–Kier alpha value is -3.57. The van der Waals surface area contributed by atoms with E-state index in [2.05, 4.69) is 5.32 Å². The van der Waals surface area contributed by atoms with E-state index in [1.165, 1.54) is 61.0 Å². The molecule has 3 aromatic carbocycles. The van der Waals surface area contributed by atoms with Crippen molar-refractivity contribution in [2.75, 3.05) is 30.8 Å². The summed E-state index contributed by atoms with van der Waals surface area (Å²) in [5.74, 6) is -1.14. The minimum absolute atomic E-state index is 0.00184. The SMILES string of the molecule is CCOc1ccc(N(CC(=O)N(Cc2ccccc2F)C(C)C(=O)NC)S(=O)(=O)c2ccc(SC)cc2)cc1. The number of nitrogens with zero attached hydrogens (tertiary/aromatic N) is 2. The van der Waals surface area contributed by atoms with E-state index >= 15 is 0 Å². The number of nitrogens with one attached hydrogen (secondary N) is 1. The van der Waals surface area contributed by atoms with Crippen molar-refractivity contribution in [1.82, 2.24) is 10.2 Å². The molecule has 8 nitrogen and oxygen atoms in total.